The lowest BCUT2D eigenvalue weighted by molar-refractivity contribution is 0.102. The van der Waals surface area contributed by atoms with E-state index in [0.717, 1.165) is 5.56 Å². The van der Waals surface area contributed by atoms with Gasteiger partial charge in [0.1, 0.15) is 11.6 Å². The summed E-state index contributed by atoms with van der Waals surface area (Å²) in [5, 5.41) is 6.36. The second kappa shape index (κ2) is 8.05. The summed E-state index contributed by atoms with van der Waals surface area (Å²) >= 11 is 6.09. The maximum Gasteiger partial charge on any atom is 0.257 e. The van der Waals surface area contributed by atoms with Crippen LogP contribution >= 0.6 is 11.6 Å². The fourth-order valence-electron chi connectivity index (χ4n) is 2.49. The Morgan fingerprint density at radius 2 is 1.96 bits per heavy atom. The molecule has 1 aromatic heterocycles. The maximum atomic E-state index is 13.3. The number of nitrogens with one attached hydrogen (secondary N) is 2. The summed E-state index contributed by atoms with van der Waals surface area (Å²) in [6.45, 7) is 1.84. The zero-order chi connectivity index (χ0) is 19.4. The zero-order valence-corrected chi connectivity index (χ0v) is 15.5. The SMILES string of the molecule is COc1cc(Cl)c(C)cc1NC(=O)c1cncc(Nc2cccc(F)c2)c1. The smallest absolute Gasteiger partial charge is 0.257 e. The van der Waals surface area contributed by atoms with Crippen molar-refractivity contribution in [1.29, 1.82) is 0 Å². The number of benzene rings is 2. The molecule has 0 aliphatic heterocycles. The molecule has 0 saturated heterocycles. The highest BCUT2D eigenvalue weighted by Gasteiger charge is 2.13. The van der Waals surface area contributed by atoms with Crippen molar-refractivity contribution in [1.82, 2.24) is 4.98 Å². The summed E-state index contributed by atoms with van der Waals surface area (Å²) in [6.07, 6.45) is 3.00. The topological polar surface area (TPSA) is 63.2 Å². The predicted molar refractivity (Wildman–Crippen MR) is 105 cm³/mol. The molecule has 2 N–H and O–H groups in total. The van der Waals surface area contributed by atoms with Gasteiger partial charge in [-0.25, -0.2) is 4.39 Å². The van der Waals surface area contributed by atoms with Crippen LogP contribution in [0.25, 0.3) is 0 Å². The van der Waals surface area contributed by atoms with Crippen molar-refractivity contribution in [3.8, 4) is 5.75 Å². The normalized spacial score (nSPS) is 10.4. The fraction of sp³-hybridized carbons (Fsp3) is 0.100. The van der Waals surface area contributed by atoms with Crippen molar-refractivity contribution in [3.63, 3.8) is 0 Å². The Morgan fingerprint density at radius 3 is 2.70 bits per heavy atom. The maximum absolute atomic E-state index is 13.3. The lowest BCUT2D eigenvalue weighted by atomic mass is 10.2. The van der Waals surface area contributed by atoms with E-state index in [2.05, 4.69) is 15.6 Å². The van der Waals surface area contributed by atoms with Crippen LogP contribution in [-0.4, -0.2) is 18.0 Å². The van der Waals surface area contributed by atoms with Gasteiger partial charge in [-0.15, -0.1) is 0 Å². The molecule has 1 amide bonds. The molecule has 0 aliphatic rings. The number of methoxy groups -OCH3 is 1. The van der Waals surface area contributed by atoms with Crippen LogP contribution in [0.15, 0.2) is 54.9 Å². The Hall–Kier alpha value is -3.12. The first-order valence-electron chi connectivity index (χ1n) is 8.09. The third-order valence-electron chi connectivity index (χ3n) is 3.84. The minimum absolute atomic E-state index is 0.339. The number of aryl methyl sites for hydroxylation is 1. The first-order chi connectivity index (χ1) is 13.0. The number of hydrogen-bond acceptors (Lipinski definition) is 4. The van der Waals surface area contributed by atoms with Gasteiger partial charge in [0.15, 0.2) is 0 Å². The van der Waals surface area contributed by atoms with Crippen LogP contribution in [0.4, 0.5) is 21.5 Å². The van der Waals surface area contributed by atoms with Crippen molar-refractivity contribution >= 4 is 34.6 Å². The van der Waals surface area contributed by atoms with E-state index in [4.69, 9.17) is 16.3 Å². The summed E-state index contributed by atoms with van der Waals surface area (Å²) in [5.41, 5.74) is 2.78. The van der Waals surface area contributed by atoms with E-state index in [9.17, 15) is 9.18 Å². The Bertz CT molecular complexity index is 995. The van der Waals surface area contributed by atoms with Gasteiger partial charge in [0.2, 0.25) is 0 Å². The van der Waals surface area contributed by atoms with Gasteiger partial charge in [-0.05, 0) is 42.8 Å². The fourth-order valence-corrected chi connectivity index (χ4v) is 2.64. The molecule has 0 fully saturated rings. The number of nitrogens with zero attached hydrogens (tertiary/aromatic N) is 1. The summed E-state index contributed by atoms with van der Waals surface area (Å²) in [7, 11) is 1.50. The molecule has 0 unspecified atom stereocenters. The molecule has 7 heteroatoms. The van der Waals surface area contributed by atoms with Crippen LogP contribution in [-0.2, 0) is 0 Å². The van der Waals surface area contributed by atoms with Gasteiger partial charge in [-0.3, -0.25) is 9.78 Å². The average Bonchev–Trinajstić information content (AvgIpc) is 2.64. The Labute approximate surface area is 161 Å². The number of rotatable bonds is 5. The first-order valence-corrected chi connectivity index (χ1v) is 8.47. The number of aromatic nitrogens is 1. The average molecular weight is 386 g/mol. The van der Waals surface area contributed by atoms with Crippen LogP contribution in [0.3, 0.4) is 0 Å². The minimum Gasteiger partial charge on any atom is -0.495 e. The lowest BCUT2D eigenvalue weighted by Crippen LogP contribution is -2.13. The second-order valence-corrected chi connectivity index (χ2v) is 6.26. The van der Waals surface area contributed by atoms with Crippen LogP contribution in [0.1, 0.15) is 15.9 Å². The monoisotopic (exact) mass is 385 g/mol. The third kappa shape index (κ3) is 4.54. The molecule has 27 heavy (non-hydrogen) atoms. The van der Waals surface area contributed by atoms with Crippen molar-refractivity contribution in [2.45, 2.75) is 6.92 Å². The standard InChI is InChI=1S/C20H17ClFN3O2/c1-12-6-18(19(27-2)9-17(12)21)25-20(26)13-7-16(11-23-10-13)24-15-5-3-4-14(22)8-15/h3-11,24H,1-2H3,(H,25,26). The zero-order valence-electron chi connectivity index (χ0n) is 14.7. The van der Waals surface area contributed by atoms with Crippen LogP contribution in [0, 0.1) is 12.7 Å². The number of anilines is 3. The second-order valence-electron chi connectivity index (χ2n) is 5.85. The summed E-state index contributed by atoms with van der Waals surface area (Å²) < 4.78 is 18.6. The molecule has 0 saturated carbocycles. The Morgan fingerprint density at radius 1 is 1.15 bits per heavy atom. The first kappa shape index (κ1) is 18.7. The molecule has 1 heterocycles. The summed E-state index contributed by atoms with van der Waals surface area (Å²) in [4.78, 5) is 16.7. The van der Waals surface area contributed by atoms with E-state index >= 15 is 0 Å². The van der Waals surface area contributed by atoms with Gasteiger partial charge >= 0.3 is 0 Å². The molecule has 0 bridgehead atoms. The van der Waals surface area contributed by atoms with Crippen molar-refractivity contribution in [2.24, 2.45) is 0 Å². The van der Waals surface area contributed by atoms with E-state index in [0.29, 0.717) is 33.4 Å². The van der Waals surface area contributed by atoms with E-state index < -0.39 is 0 Å². The quantitative estimate of drug-likeness (QED) is 0.634. The van der Waals surface area contributed by atoms with Crippen LogP contribution in [0.5, 0.6) is 5.75 Å². The largest absolute Gasteiger partial charge is 0.495 e. The highest BCUT2D eigenvalue weighted by Crippen LogP contribution is 2.31. The summed E-state index contributed by atoms with van der Waals surface area (Å²) in [5.74, 6) is -0.251. The number of hydrogen-bond donors (Lipinski definition) is 2. The Kier molecular flexibility index (Phi) is 5.57. The molecule has 3 aromatic rings. The van der Waals surface area contributed by atoms with Gasteiger partial charge in [0.05, 0.1) is 30.2 Å². The number of halogens is 2. The highest BCUT2D eigenvalue weighted by atomic mass is 35.5. The molecule has 5 nitrogen and oxygen atoms in total. The van der Waals surface area contributed by atoms with Crippen LogP contribution in [0.2, 0.25) is 5.02 Å². The van der Waals surface area contributed by atoms with Gasteiger partial charge in [0.25, 0.3) is 5.91 Å². The van der Waals surface area contributed by atoms with Crippen molar-refractivity contribution < 1.29 is 13.9 Å². The number of pyridine rings is 1. The number of amides is 1. The number of carbonyl (C=O) groups excluding carboxylic acids is 1. The summed E-state index contributed by atoms with van der Waals surface area (Å²) in [6, 6.07) is 11.0. The molecule has 2 aromatic carbocycles. The molecular weight excluding hydrogens is 369 g/mol. The number of ether oxygens (including phenoxy) is 1. The van der Waals surface area contributed by atoms with E-state index in [1.807, 2.05) is 6.92 Å². The van der Waals surface area contributed by atoms with Gasteiger partial charge in [0, 0.05) is 23.0 Å². The molecule has 0 radical (unpaired) electrons. The van der Waals surface area contributed by atoms with Crippen molar-refractivity contribution in [2.75, 3.05) is 17.7 Å². The number of carbonyl (C=O) groups is 1. The molecule has 138 valence electrons. The highest BCUT2D eigenvalue weighted by molar-refractivity contribution is 6.31. The van der Waals surface area contributed by atoms with Gasteiger partial charge in [-0.2, -0.15) is 0 Å². The van der Waals surface area contributed by atoms with Gasteiger partial charge in [-0.1, -0.05) is 17.7 Å². The van der Waals surface area contributed by atoms with E-state index in [1.54, 1.807) is 36.5 Å². The third-order valence-corrected chi connectivity index (χ3v) is 4.25. The molecule has 3 rings (SSSR count). The molecular formula is C20H17ClFN3O2. The lowest BCUT2D eigenvalue weighted by Gasteiger charge is -2.13. The minimum atomic E-state index is -0.356. The predicted octanol–water partition coefficient (Wildman–Crippen LogP) is 5.19. The van der Waals surface area contributed by atoms with Crippen LogP contribution < -0.4 is 15.4 Å². The van der Waals surface area contributed by atoms with Gasteiger partial charge < -0.3 is 15.4 Å². The van der Waals surface area contributed by atoms with E-state index in [-0.39, 0.29) is 11.7 Å². The van der Waals surface area contributed by atoms with E-state index in [1.165, 1.54) is 25.4 Å². The molecule has 0 atom stereocenters. The molecule has 0 aliphatic carbocycles. The van der Waals surface area contributed by atoms with Crippen molar-refractivity contribution in [3.05, 3.63) is 76.8 Å². The molecule has 0 spiro atoms. The Balaban J connectivity index is 1.81.